The molecule has 4 aromatic rings. The van der Waals surface area contributed by atoms with E-state index >= 15 is 0 Å². The summed E-state index contributed by atoms with van der Waals surface area (Å²) in [6, 6.07) is 11.0. The third-order valence-corrected chi connectivity index (χ3v) is 4.36. The van der Waals surface area contributed by atoms with Gasteiger partial charge in [-0.1, -0.05) is 25.5 Å². The van der Waals surface area contributed by atoms with Crippen LogP contribution in [-0.2, 0) is 0 Å². The highest BCUT2D eigenvalue weighted by molar-refractivity contribution is 6.10. The zero-order valence-corrected chi connectivity index (χ0v) is 15.4. The molecule has 3 aromatic heterocycles. The van der Waals surface area contributed by atoms with Gasteiger partial charge >= 0.3 is 0 Å². The predicted molar refractivity (Wildman–Crippen MR) is 108 cm³/mol. The number of carbonyl (C=O) groups excluding carboxylic acids is 1. The number of furan rings is 1. The lowest BCUT2D eigenvalue weighted by Gasteiger charge is -2.04. The fraction of sp³-hybridized carbons (Fsp3) is 0.200. The number of carbonyl (C=O) groups is 1. The van der Waals surface area contributed by atoms with Crippen molar-refractivity contribution in [3.8, 4) is 0 Å². The van der Waals surface area contributed by atoms with Gasteiger partial charge in [0.05, 0.1) is 23.5 Å². The maximum absolute atomic E-state index is 12.8. The standard InChI is InChI=1S/C20H20N6O2/c1-2-3-10-22-20(27)16-17-19(25-15-9-5-4-8-14(15)24-17)26(18(16)21)23-12-13-7-6-11-28-13/h4-9,11-12H,2-3,10,21H2,1H3,(H,22,27)/b23-12-. The summed E-state index contributed by atoms with van der Waals surface area (Å²) in [4.78, 5) is 22.1. The van der Waals surface area contributed by atoms with Crippen molar-refractivity contribution in [1.29, 1.82) is 0 Å². The molecule has 8 nitrogen and oxygen atoms in total. The van der Waals surface area contributed by atoms with E-state index in [0.29, 0.717) is 34.5 Å². The average Bonchev–Trinajstić information content (AvgIpc) is 3.30. The Kier molecular flexibility index (Phi) is 4.76. The summed E-state index contributed by atoms with van der Waals surface area (Å²) in [6.07, 6.45) is 4.94. The number of para-hydroxylation sites is 2. The van der Waals surface area contributed by atoms with E-state index in [9.17, 15) is 4.79 Å². The van der Waals surface area contributed by atoms with E-state index in [0.717, 1.165) is 12.8 Å². The van der Waals surface area contributed by atoms with Gasteiger partial charge < -0.3 is 15.5 Å². The summed E-state index contributed by atoms with van der Waals surface area (Å²) in [7, 11) is 0. The number of amides is 1. The Balaban J connectivity index is 1.88. The Morgan fingerprint density at radius 3 is 2.75 bits per heavy atom. The Hall–Kier alpha value is -3.68. The van der Waals surface area contributed by atoms with Gasteiger partial charge in [0.25, 0.3) is 5.91 Å². The van der Waals surface area contributed by atoms with Gasteiger partial charge in [-0.3, -0.25) is 4.79 Å². The van der Waals surface area contributed by atoms with Gasteiger partial charge in [0.1, 0.15) is 22.7 Å². The molecule has 0 aliphatic heterocycles. The molecule has 28 heavy (non-hydrogen) atoms. The number of unbranched alkanes of at least 4 members (excludes halogenated alkanes) is 1. The van der Waals surface area contributed by atoms with E-state index in [1.807, 2.05) is 24.3 Å². The van der Waals surface area contributed by atoms with Gasteiger partial charge in [0.2, 0.25) is 0 Å². The van der Waals surface area contributed by atoms with Crippen molar-refractivity contribution in [3.63, 3.8) is 0 Å². The second kappa shape index (κ2) is 7.51. The van der Waals surface area contributed by atoms with E-state index in [4.69, 9.17) is 10.2 Å². The molecule has 1 amide bonds. The number of nitrogens with zero attached hydrogens (tertiary/aromatic N) is 4. The van der Waals surface area contributed by atoms with Crippen molar-refractivity contribution in [2.45, 2.75) is 19.8 Å². The largest absolute Gasteiger partial charge is 0.463 e. The first-order valence-electron chi connectivity index (χ1n) is 9.11. The average molecular weight is 376 g/mol. The molecule has 142 valence electrons. The van der Waals surface area contributed by atoms with Gasteiger partial charge in [-0.2, -0.15) is 9.78 Å². The minimum atomic E-state index is -0.285. The normalized spacial score (nSPS) is 11.6. The first-order valence-corrected chi connectivity index (χ1v) is 9.11. The molecule has 0 radical (unpaired) electrons. The Morgan fingerprint density at radius 1 is 1.25 bits per heavy atom. The Labute approximate surface area is 161 Å². The van der Waals surface area contributed by atoms with Crippen LogP contribution in [-0.4, -0.2) is 33.3 Å². The van der Waals surface area contributed by atoms with Crippen LogP contribution >= 0.6 is 0 Å². The summed E-state index contributed by atoms with van der Waals surface area (Å²) < 4.78 is 6.70. The summed E-state index contributed by atoms with van der Waals surface area (Å²) in [5.41, 5.74) is 8.79. The van der Waals surface area contributed by atoms with Gasteiger partial charge in [0.15, 0.2) is 5.65 Å². The van der Waals surface area contributed by atoms with Crippen LogP contribution in [0.5, 0.6) is 0 Å². The molecule has 0 saturated heterocycles. The van der Waals surface area contributed by atoms with E-state index < -0.39 is 0 Å². The van der Waals surface area contributed by atoms with Crippen LogP contribution in [0.1, 0.15) is 35.9 Å². The topological polar surface area (TPSA) is 111 Å². The molecule has 0 spiro atoms. The van der Waals surface area contributed by atoms with Gasteiger partial charge in [0, 0.05) is 6.54 Å². The van der Waals surface area contributed by atoms with Crippen LogP contribution in [0.25, 0.3) is 22.2 Å². The van der Waals surface area contributed by atoms with Crippen LogP contribution in [0.3, 0.4) is 0 Å². The lowest BCUT2D eigenvalue weighted by atomic mass is 10.2. The number of aromatic nitrogens is 3. The first-order chi connectivity index (χ1) is 13.7. The number of benzene rings is 1. The highest BCUT2D eigenvalue weighted by Crippen LogP contribution is 2.27. The number of anilines is 1. The second-order valence-corrected chi connectivity index (χ2v) is 6.33. The summed E-state index contributed by atoms with van der Waals surface area (Å²) in [5, 5.41) is 7.27. The monoisotopic (exact) mass is 376 g/mol. The van der Waals surface area contributed by atoms with Crippen molar-refractivity contribution in [2.24, 2.45) is 5.10 Å². The Bertz CT molecular complexity index is 1160. The fourth-order valence-corrected chi connectivity index (χ4v) is 2.93. The minimum Gasteiger partial charge on any atom is -0.463 e. The molecule has 0 unspecified atom stereocenters. The van der Waals surface area contributed by atoms with Crippen molar-refractivity contribution in [3.05, 3.63) is 54.0 Å². The molecule has 0 fully saturated rings. The molecule has 3 N–H and O–H groups in total. The molecule has 3 heterocycles. The van der Waals surface area contributed by atoms with E-state index in [1.54, 1.807) is 18.4 Å². The third-order valence-electron chi connectivity index (χ3n) is 4.36. The fourth-order valence-electron chi connectivity index (χ4n) is 2.93. The van der Waals surface area contributed by atoms with Crippen molar-refractivity contribution in [2.75, 3.05) is 12.3 Å². The number of nitrogens with two attached hydrogens (primary N) is 1. The SMILES string of the molecule is CCCCNC(=O)c1c(N)n(/N=C\c2ccco2)c2nc3ccccc3nc12. The lowest BCUT2D eigenvalue weighted by Crippen LogP contribution is -2.25. The van der Waals surface area contributed by atoms with Crippen molar-refractivity contribution < 1.29 is 9.21 Å². The van der Waals surface area contributed by atoms with Crippen LogP contribution < -0.4 is 11.1 Å². The second-order valence-electron chi connectivity index (χ2n) is 6.33. The number of hydrogen-bond acceptors (Lipinski definition) is 6. The smallest absolute Gasteiger partial charge is 0.257 e. The molecule has 0 bridgehead atoms. The molecule has 0 aliphatic rings. The highest BCUT2D eigenvalue weighted by Gasteiger charge is 2.23. The quantitative estimate of drug-likeness (QED) is 0.396. The summed E-state index contributed by atoms with van der Waals surface area (Å²) in [6.45, 7) is 2.63. The zero-order valence-electron chi connectivity index (χ0n) is 15.4. The van der Waals surface area contributed by atoms with Crippen LogP contribution in [0.4, 0.5) is 5.82 Å². The third kappa shape index (κ3) is 3.20. The van der Waals surface area contributed by atoms with Crippen LogP contribution in [0, 0.1) is 0 Å². The molecule has 0 aliphatic carbocycles. The number of hydrogen-bond donors (Lipinski definition) is 2. The van der Waals surface area contributed by atoms with E-state index in [1.165, 1.54) is 10.9 Å². The maximum Gasteiger partial charge on any atom is 0.257 e. The molecule has 8 heteroatoms. The predicted octanol–water partition coefficient (Wildman–Crippen LogP) is 3.17. The Morgan fingerprint density at radius 2 is 2.04 bits per heavy atom. The van der Waals surface area contributed by atoms with E-state index in [2.05, 4.69) is 27.3 Å². The number of nitrogen functional groups attached to an aromatic ring is 1. The lowest BCUT2D eigenvalue weighted by molar-refractivity contribution is 0.0955. The number of nitrogens with one attached hydrogen (secondary N) is 1. The van der Waals surface area contributed by atoms with Crippen LogP contribution in [0.15, 0.2) is 52.2 Å². The zero-order chi connectivity index (χ0) is 19.5. The van der Waals surface area contributed by atoms with Gasteiger partial charge in [-0.05, 0) is 30.7 Å². The van der Waals surface area contributed by atoms with Crippen molar-refractivity contribution >= 4 is 40.1 Å². The first kappa shape index (κ1) is 17.7. The molecular formula is C20H20N6O2. The number of rotatable bonds is 6. The minimum absolute atomic E-state index is 0.183. The molecule has 0 saturated carbocycles. The number of fused-ring (bicyclic) bond motifs is 2. The van der Waals surface area contributed by atoms with E-state index in [-0.39, 0.29) is 17.3 Å². The molecule has 0 atom stereocenters. The van der Waals surface area contributed by atoms with Crippen LogP contribution in [0.2, 0.25) is 0 Å². The highest BCUT2D eigenvalue weighted by atomic mass is 16.3. The molecule has 1 aromatic carbocycles. The summed E-state index contributed by atoms with van der Waals surface area (Å²) >= 11 is 0. The summed E-state index contributed by atoms with van der Waals surface area (Å²) in [5.74, 6) is 0.457. The maximum atomic E-state index is 12.8. The van der Waals surface area contributed by atoms with Gasteiger partial charge in [-0.25, -0.2) is 9.97 Å². The molecular weight excluding hydrogens is 356 g/mol. The molecule has 4 rings (SSSR count). The van der Waals surface area contributed by atoms with Gasteiger partial charge in [-0.15, -0.1) is 0 Å². The van der Waals surface area contributed by atoms with Crippen molar-refractivity contribution in [1.82, 2.24) is 20.0 Å².